The van der Waals surface area contributed by atoms with E-state index in [0.717, 1.165) is 0 Å². The normalized spacial score (nSPS) is 26.5. The average Bonchev–Trinajstić information content (AvgIpc) is 2.14. The van der Waals surface area contributed by atoms with Gasteiger partial charge in [0.25, 0.3) is 0 Å². The molecule has 5 heteroatoms. The number of carbonyl (C=O) groups excluding carboxylic acids is 2. The second-order valence-corrected chi connectivity index (χ2v) is 10.9. The maximum Gasteiger partial charge on any atom is 0.309 e. The highest BCUT2D eigenvalue weighted by atomic mass is 28.4. The molecule has 4 nitrogen and oxygen atoms in total. The minimum Gasteiger partial charge on any atom is -0.454 e. The summed E-state index contributed by atoms with van der Waals surface area (Å²) in [4.78, 5) is 22.0. The zero-order valence-electron chi connectivity index (χ0n) is 11.3. The van der Waals surface area contributed by atoms with E-state index in [-0.39, 0.29) is 23.5 Å². The molecule has 1 heterocycles. The summed E-state index contributed by atoms with van der Waals surface area (Å²) >= 11 is 0. The van der Waals surface area contributed by atoms with Crippen LogP contribution >= 0.6 is 0 Å². The van der Waals surface area contributed by atoms with Gasteiger partial charge in [-0.05, 0) is 18.1 Å². The summed E-state index contributed by atoms with van der Waals surface area (Å²) < 4.78 is 11.0. The summed E-state index contributed by atoms with van der Waals surface area (Å²) in [6.45, 7) is 10.7. The molecule has 0 aromatic heterocycles. The van der Waals surface area contributed by atoms with Crippen LogP contribution < -0.4 is 0 Å². The van der Waals surface area contributed by atoms with Crippen molar-refractivity contribution in [2.24, 2.45) is 0 Å². The number of aldehydes is 1. The molecule has 0 amide bonds. The first kappa shape index (κ1) is 14.4. The van der Waals surface area contributed by atoms with Gasteiger partial charge in [-0.25, -0.2) is 0 Å². The minimum absolute atomic E-state index is 0.102. The fraction of sp³-hybridized carbons (Fsp3) is 0.833. The van der Waals surface area contributed by atoms with Crippen LogP contribution in [0, 0.1) is 0 Å². The van der Waals surface area contributed by atoms with Crippen LogP contribution in [0.25, 0.3) is 0 Å². The van der Waals surface area contributed by atoms with Gasteiger partial charge in [0, 0.05) is 6.42 Å². The zero-order chi connectivity index (χ0) is 13.3. The van der Waals surface area contributed by atoms with Gasteiger partial charge in [-0.2, -0.15) is 0 Å². The van der Waals surface area contributed by atoms with E-state index in [1.54, 1.807) is 0 Å². The van der Waals surface area contributed by atoms with E-state index in [1.165, 1.54) is 0 Å². The van der Waals surface area contributed by atoms with Gasteiger partial charge in [0.15, 0.2) is 20.7 Å². The number of hydrogen-bond acceptors (Lipinski definition) is 4. The largest absolute Gasteiger partial charge is 0.454 e. The lowest BCUT2D eigenvalue weighted by Gasteiger charge is -2.40. The van der Waals surface area contributed by atoms with E-state index >= 15 is 0 Å². The number of carbonyl (C=O) groups is 2. The summed E-state index contributed by atoms with van der Waals surface area (Å²) in [5.41, 5.74) is 0. The Hall–Kier alpha value is -0.683. The fourth-order valence-electron chi connectivity index (χ4n) is 1.56. The number of hydrogen-bond donors (Lipinski definition) is 0. The molecule has 1 saturated heterocycles. The van der Waals surface area contributed by atoms with Crippen LogP contribution in [0.4, 0.5) is 0 Å². The average molecular weight is 258 g/mol. The molecular formula is C12H22O4Si. The summed E-state index contributed by atoms with van der Waals surface area (Å²) in [6.07, 6.45) is 0.621. The second-order valence-electron chi connectivity index (χ2n) is 6.10. The standard InChI is InChI=1S/C12H22O4Si/c1-12(2,3)17(4,5)16-9-6-10(8-13)15-11(14)7-9/h8-10H,6-7H2,1-5H3/t9-,10?/m1/s1. The van der Waals surface area contributed by atoms with Gasteiger partial charge >= 0.3 is 5.97 Å². The Morgan fingerprint density at radius 3 is 2.47 bits per heavy atom. The molecule has 17 heavy (non-hydrogen) atoms. The number of ether oxygens (including phenoxy) is 1. The van der Waals surface area contributed by atoms with Crippen molar-refractivity contribution in [3.05, 3.63) is 0 Å². The Kier molecular flexibility index (Phi) is 4.14. The van der Waals surface area contributed by atoms with Crippen LogP contribution in [-0.2, 0) is 18.8 Å². The molecule has 0 radical (unpaired) electrons. The molecule has 0 aliphatic carbocycles. The van der Waals surface area contributed by atoms with Crippen molar-refractivity contribution >= 4 is 20.6 Å². The van der Waals surface area contributed by atoms with Crippen LogP contribution in [0.5, 0.6) is 0 Å². The van der Waals surface area contributed by atoms with Crippen LogP contribution in [0.3, 0.4) is 0 Å². The SMILES string of the molecule is CC(C)(C)[Si](C)(C)O[C@H]1CC(=O)OC(C=O)C1. The first-order chi connectivity index (χ1) is 7.65. The lowest BCUT2D eigenvalue weighted by molar-refractivity contribution is -0.161. The van der Waals surface area contributed by atoms with Crippen molar-refractivity contribution in [3.8, 4) is 0 Å². The maximum atomic E-state index is 11.3. The predicted octanol–water partition coefficient (Wildman–Crippen LogP) is 2.28. The molecule has 0 bridgehead atoms. The van der Waals surface area contributed by atoms with Crippen molar-refractivity contribution in [1.29, 1.82) is 0 Å². The first-order valence-electron chi connectivity index (χ1n) is 5.98. The molecule has 2 atom stereocenters. The fourth-order valence-corrected chi connectivity index (χ4v) is 2.93. The Labute approximate surface area is 104 Å². The Morgan fingerprint density at radius 2 is 2.00 bits per heavy atom. The molecule has 1 unspecified atom stereocenters. The summed E-state index contributed by atoms with van der Waals surface area (Å²) in [5.74, 6) is -0.336. The van der Waals surface area contributed by atoms with Gasteiger partial charge in [0.1, 0.15) is 0 Å². The van der Waals surface area contributed by atoms with Gasteiger partial charge in [0.05, 0.1) is 12.5 Å². The third-order valence-corrected chi connectivity index (χ3v) is 8.13. The van der Waals surface area contributed by atoms with Gasteiger partial charge in [0.2, 0.25) is 0 Å². The molecule has 0 aromatic carbocycles. The van der Waals surface area contributed by atoms with Crippen molar-refractivity contribution in [2.45, 2.75) is 64.0 Å². The highest BCUT2D eigenvalue weighted by Crippen LogP contribution is 2.38. The summed E-state index contributed by atoms with van der Waals surface area (Å²) in [7, 11) is -1.89. The lowest BCUT2D eigenvalue weighted by atomic mass is 10.1. The lowest BCUT2D eigenvalue weighted by Crippen LogP contribution is -2.47. The maximum absolute atomic E-state index is 11.3. The molecule has 1 aliphatic heterocycles. The van der Waals surface area contributed by atoms with E-state index in [9.17, 15) is 9.59 Å². The van der Waals surface area contributed by atoms with E-state index in [0.29, 0.717) is 12.7 Å². The molecule has 1 fully saturated rings. The topological polar surface area (TPSA) is 52.6 Å². The van der Waals surface area contributed by atoms with Gasteiger partial charge < -0.3 is 9.16 Å². The third kappa shape index (κ3) is 3.64. The van der Waals surface area contributed by atoms with Gasteiger partial charge in [-0.1, -0.05) is 20.8 Å². The molecular weight excluding hydrogens is 236 g/mol. The van der Waals surface area contributed by atoms with Crippen molar-refractivity contribution < 1.29 is 18.8 Å². The highest BCUT2D eigenvalue weighted by Gasteiger charge is 2.41. The van der Waals surface area contributed by atoms with Crippen molar-refractivity contribution in [3.63, 3.8) is 0 Å². The molecule has 0 spiro atoms. The molecule has 0 N–H and O–H groups in total. The highest BCUT2D eigenvalue weighted by molar-refractivity contribution is 6.74. The smallest absolute Gasteiger partial charge is 0.309 e. The number of esters is 1. The quantitative estimate of drug-likeness (QED) is 0.443. The third-order valence-electron chi connectivity index (χ3n) is 3.59. The minimum atomic E-state index is -1.89. The second kappa shape index (κ2) is 4.90. The summed E-state index contributed by atoms with van der Waals surface area (Å²) in [5, 5.41) is 0.102. The number of cyclic esters (lactones) is 1. The van der Waals surface area contributed by atoms with E-state index in [2.05, 4.69) is 33.9 Å². The van der Waals surface area contributed by atoms with Gasteiger partial charge in [-0.15, -0.1) is 0 Å². The van der Waals surface area contributed by atoms with Crippen molar-refractivity contribution in [2.75, 3.05) is 0 Å². The Balaban J connectivity index is 2.68. The Bertz CT molecular complexity index is 306. The molecule has 98 valence electrons. The van der Waals surface area contributed by atoms with E-state index in [4.69, 9.17) is 9.16 Å². The molecule has 1 rings (SSSR count). The van der Waals surface area contributed by atoms with Crippen molar-refractivity contribution in [1.82, 2.24) is 0 Å². The molecule has 0 saturated carbocycles. The predicted molar refractivity (Wildman–Crippen MR) is 67.2 cm³/mol. The zero-order valence-corrected chi connectivity index (χ0v) is 12.3. The monoisotopic (exact) mass is 258 g/mol. The first-order valence-corrected chi connectivity index (χ1v) is 8.89. The molecule has 1 aliphatic rings. The van der Waals surface area contributed by atoms with Crippen LogP contribution in [0.1, 0.15) is 33.6 Å². The van der Waals surface area contributed by atoms with Crippen LogP contribution in [-0.4, -0.2) is 32.8 Å². The van der Waals surface area contributed by atoms with E-state index < -0.39 is 14.4 Å². The van der Waals surface area contributed by atoms with Gasteiger partial charge in [-0.3, -0.25) is 9.59 Å². The van der Waals surface area contributed by atoms with Crippen LogP contribution in [0.15, 0.2) is 0 Å². The summed E-state index contributed by atoms with van der Waals surface area (Å²) in [6, 6.07) is 0. The van der Waals surface area contributed by atoms with E-state index in [1.807, 2.05) is 0 Å². The van der Waals surface area contributed by atoms with Crippen LogP contribution in [0.2, 0.25) is 18.1 Å². The number of rotatable bonds is 3. The molecule has 0 aromatic rings. The Morgan fingerprint density at radius 1 is 1.41 bits per heavy atom.